The van der Waals surface area contributed by atoms with Crippen molar-refractivity contribution in [3.05, 3.63) is 46.6 Å². The Kier molecular flexibility index (Phi) is 3.66. The number of rotatable bonds is 3. The van der Waals surface area contributed by atoms with Crippen LogP contribution in [0.2, 0.25) is 0 Å². The molecule has 0 saturated carbocycles. The van der Waals surface area contributed by atoms with Crippen molar-refractivity contribution >= 4 is 27.5 Å². The van der Waals surface area contributed by atoms with Gasteiger partial charge in [-0.25, -0.2) is 4.39 Å². The van der Waals surface area contributed by atoms with E-state index in [9.17, 15) is 9.18 Å². The number of amides is 1. The topological polar surface area (TPSA) is 51.5 Å². The molecule has 2 aromatic rings. The van der Waals surface area contributed by atoms with Crippen LogP contribution in [0.4, 0.5) is 10.1 Å². The first-order valence-electron chi connectivity index (χ1n) is 5.00. The number of methoxy groups -OCH3 is 1. The van der Waals surface area contributed by atoms with Crippen LogP contribution in [-0.2, 0) is 0 Å². The summed E-state index contributed by atoms with van der Waals surface area (Å²) in [7, 11) is 1.40. The van der Waals surface area contributed by atoms with E-state index in [2.05, 4.69) is 21.2 Å². The summed E-state index contributed by atoms with van der Waals surface area (Å²) in [5.41, 5.74) is 0.372. The molecule has 0 unspecified atom stereocenters. The number of carbonyl (C=O) groups excluding carboxylic acids is 1. The van der Waals surface area contributed by atoms with E-state index in [0.717, 1.165) is 0 Å². The van der Waals surface area contributed by atoms with Gasteiger partial charge in [-0.2, -0.15) is 0 Å². The molecule has 1 heterocycles. The van der Waals surface area contributed by atoms with Crippen LogP contribution < -0.4 is 10.1 Å². The zero-order chi connectivity index (χ0) is 13.1. The molecule has 1 N–H and O–H groups in total. The highest BCUT2D eigenvalue weighted by molar-refractivity contribution is 9.10. The molecular weight excluding hydrogens is 305 g/mol. The highest BCUT2D eigenvalue weighted by atomic mass is 79.9. The fourth-order valence-corrected chi connectivity index (χ4v) is 1.70. The Balaban J connectivity index is 2.21. The molecule has 0 aliphatic rings. The Morgan fingerprint density at radius 1 is 1.39 bits per heavy atom. The Morgan fingerprint density at radius 2 is 2.17 bits per heavy atom. The van der Waals surface area contributed by atoms with Gasteiger partial charge in [-0.05, 0) is 40.2 Å². The quantitative estimate of drug-likeness (QED) is 0.944. The summed E-state index contributed by atoms with van der Waals surface area (Å²) < 4.78 is 23.5. The Bertz CT molecular complexity index is 582. The largest absolute Gasteiger partial charge is 0.494 e. The minimum absolute atomic E-state index is 0.147. The molecule has 0 fully saturated rings. The van der Waals surface area contributed by atoms with Crippen molar-refractivity contribution in [1.82, 2.24) is 0 Å². The van der Waals surface area contributed by atoms with Gasteiger partial charge >= 0.3 is 0 Å². The molecule has 1 aromatic heterocycles. The zero-order valence-electron chi connectivity index (χ0n) is 9.37. The maximum atomic E-state index is 13.0. The molecule has 4 nitrogen and oxygen atoms in total. The molecule has 0 spiro atoms. The second kappa shape index (κ2) is 5.22. The van der Waals surface area contributed by atoms with Gasteiger partial charge in [-0.1, -0.05) is 0 Å². The van der Waals surface area contributed by atoms with Gasteiger partial charge in [0.05, 0.1) is 12.8 Å². The van der Waals surface area contributed by atoms with E-state index in [-0.39, 0.29) is 11.5 Å². The third kappa shape index (κ3) is 2.70. The van der Waals surface area contributed by atoms with Gasteiger partial charge < -0.3 is 14.5 Å². The standard InChI is InChI=1S/C12H9BrFNO3/c1-17-10-6-7(14)2-3-8(10)15-12(16)9-4-5-11(13)18-9/h2-6H,1H3,(H,15,16). The van der Waals surface area contributed by atoms with E-state index in [1.807, 2.05) is 0 Å². The summed E-state index contributed by atoms with van der Waals surface area (Å²) in [5.74, 6) is -0.488. The normalized spacial score (nSPS) is 10.2. The number of halogens is 2. The lowest BCUT2D eigenvalue weighted by molar-refractivity contribution is 0.0995. The average Bonchev–Trinajstić information content (AvgIpc) is 2.78. The van der Waals surface area contributed by atoms with E-state index in [1.165, 1.54) is 31.4 Å². The summed E-state index contributed by atoms with van der Waals surface area (Å²) in [6, 6.07) is 6.97. The van der Waals surface area contributed by atoms with E-state index in [1.54, 1.807) is 6.07 Å². The van der Waals surface area contributed by atoms with Crippen molar-refractivity contribution in [3.8, 4) is 5.75 Å². The summed E-state index contributed by atoms with van der Waals surface area (Å²) in [5, 5.41) is 2.57. The summed E-state index contributed by atoms with van der Waals surface area (Å²) in [6.45, 7) is 0. The van der Waals surface area contributed by atoms with Crippen molar-refractivity contribution in [3.63, 3.8) is 0 Å². The molecule has 1 amide bonds. The predicted octanol–water partition coefficient (Wildman–Crippen LogP) is 3.44. The molecular formula is C12H9BrFNO3. The number of hydrogen-bond acceptors (Lipinski definition) is 3. The summed E-state index contributed by atoms with van der Waals surface area (Å²) in [6.07, 6.45) is 0. The van der Waals surface area contributed by atoms with Gasteiger partial charge in [0.1, 0.15) is 11.6 Å². The molecule has 0 atom stereocenters. The maximum Gasteiger partial charge on any atom is 0.291 e. The molecule has 0 saturated heterocycles. The number of benzene rings is 1. The van der Waals surface area contributed by atoms with Crippen LogP contribution in [0.5, 0.6) is 5.75 Å². The smallest absolute Gasteiger partial charge is 0.291 e. The Morgan fingerprint density at radius 3 is 2.78 bits per heavy atom. The monoisotopic (exact) mass is 313 g/mol. The number of ether oxygens (including phenoxy) is 1. The molecule has 1 aromatic carbocycles. The first kappa shape index (κ1) is 12.6. The minimum Gasteiger partial charge on any atom is -0.494 e. The van der Waals surface area contributed by atoms with Gasteiger partial charge in [-0.15, -0.1) is 0 Å². The Labute approximate surface area is 111 Å². The summed E-state index contributed by atoms with van der Waals surface area (Å²) in [4.78, 5) is 11.8. The van der Waals surface area contributed by atoms with Crippen LogP contribution in [0.25, 0.3) is 0 Å². The second-order valence-electron chi connectivity index (χ2n) is 3.40. The molecule has 0 bridgehead atoms. The first-order chi connectivity index (χ1) is 8.60. The van der Waals surface area contributed by atoms with Crippen molar-refractivity contribution in [2.24, 2.45) is 0 Å². The van der Waals surface area contributed by atoms with E-state index in [0.29, 0.717) is 10.4 Å². The van der Waals surface area contributed by atoms with E-state index < -0.39 is 11.7 Å². The van der Waals surface area contributed by atoms with Crippen LogP contribution >= 0.6 is 15.9 Å². The highest BCUT2D eigenvalue weighted by Crippen LogP contribution is 2.26. The lowest BCUT2D eigenvalue weighted by Crippen LogP contribution is -2.11. The molecule has 6 heteroatoms. The van der Waals surface area contributed by atoms with Crippen LogP contribution in [0, 0.1) is 5.82 Å². The average molecular weight is 314 g/mol. The zero-order valence-corrected chi connectivity index (χ0v) is 11.0. The SMILES string of the molecule is COc1cc(F)ccc1NC(=O)c1ccc(Br)o1. The minimum atomic E-state index is -0.439. The van der Waals surface area contributed by atoms with Crippen molar-refractivity contribution in [2.45, 2.75) is 0 Å². The van der Waals surface area contributed by atoms with Crippen LogP contribution in [0.3, 0.4) is 0 Å². The molecule has 0 radical (unpaired) electrons. The van der Waals surface area contributed by atoms with Crippen molar-refractivity contribution < 1.29 is 18.3 Å². The van der Waals surface area contributed by atoms with Crippen molar-refractivity contribution in [2.75, 3.05) is 12.4 Å². The van der Waals surface area contributed by atoms with Crippen LogP contribution in [0.15, 0.2) is 39.4 Å². The van der Waals surface area contributed by atoms with Gasteiger partial charge in [0, 0.05) is 6.07 Å². The maximum absolute atomic E-state index is 13.0. The fraction of sp³-hybridized carbons (Fsp3) is 0.0833. The van der Waals surface area contributed by atoms with Crippen LogP contribution in [-0.4, -0.2) is 13.0 Å². The molecule has 2 rings (SSSR count). The molecule has 18 heavy (non-hydrogen) atoms. The van der Waals surface area contributed by atoms with Gasteiger partial charge in [0.25, 0.3) is 5.91 Å². The van der Waals surface area contributed by atoms with E-state index >= 15 is 0 Å². The third-order valence-corrected chi connectivity index (χ3v) is 2.63. The van der Waals surface area contributed by atoms with Crippen LogP contribution in [0.1, 0.15) is 10.6 Å². The highest BCUT2D eigenvalue weighted by Gasteiger charge is 2.13. The molecule has 0 aliphatic heterocycles. The number of carbonyl (C=O) groups is 1. The lowest BCUT2D eigenvalue weighted by Gasteiger charge is -2.08. The second-order valence-corrected chi connectivity index (χ2v) is 4.18. The van der Waals surface area contributed by atoms with Gasteiger partial charge in [0.15, 0.2) is 10.4 Å². The van der Waals surface area contributed by atoms with Gasteiger partial charge in [-0.3, -0.25) is 4.79 Å². The number of nitrogens with one attached hydrogen (secondary N) is 1. The Hall–Kier alpha value is -1.82. The molecule has 94 valence electrons. The third-order valence-electron chi connectivity index (χ3n) is 2.21. The van der Waals surface area contributed by atoms with Gasteiger partial charge in [0.2, 0.25) is 0 Å². The first-order valence-corrected chi connectivity index (χ1v) is 5.79. The fourth-order valence-electron chi connectivity index (χ4n) is 1.39. The lowest BCUT2D eigenvalue weighted by atomic mass is 10.2. The van der Waals surface area contributed by atoms with Crippen molar-refractivity contribution in [1.29, 1.82) is 0 Å². The predicted molar refractivity (Wildman–Crippen MR) is 67.3 cm³/mol. The number of hydrogen-bond donors (Lipinski definition) is 1. The number of anilines is 1. The number of furan rings is 1. The van der Waals surface area contributed by atoms with E-state index in [4.69, 9.17) is 9.15 Å². The molecule has 0 aliphatic carbocycles. The summed E-state index contributed by atoms with van der Waals surface area (Å²) >= 11 is 3.10.